The van der Waals surface area contributed by atoms with Crippen molar-refractivity contribution in [3.8, 4) is 11.1 Å². The third-order valence-corrected chi connectivity index (χ3v) is 6.54. The zero-order valence-corrected chi connectivity index (χ0v) is 17.7. The Bertz CT molecular complexity index is 937. The summed E-state index contributed by atoms with van der Waals surface area (Å²) in [5.74, 6) is -3.21. The highest BCUT2D eigenvalue weighted by molar-refractivity contribution is 7.17. The van der Waals surface area contributed by atoms with Gasteiger partial charge in [-0.15, -0.1) is 11.3 Å². The van der Waals surface area contributed by atoms with Gasteiger partial charge in [-0.2, -0.15) is 0 Å². The molecule has 29 heavy (non-hydrogen) atoms. The summed E-state index contributed by atoms with van der Waals surface area (Å²) < 4.78 is 4.96. The molecule has 6 nitrogen and oxygen atoms in total. The normalized spacial score (nSPS) is 18.9. The van der Waals surface area contributed by atoms with Crippen LogP contribution in [0.5, 0.6) is 0 Å². The minimum absolute atomic E-state index is 0.272. The van der Waals surface area contributed by atoms with Gasteiger partial charge in [-0.1, -0.05) is 36.6 Å². The van der Waals surface area contributed by atoms with Gasteiger partial charge in [0.15, 0.2) is 0 Å². The third kappa shape index (κ3) is 4.46. The Labute approximate surface area is 177 Å². The van der Waals surface area contributed by atoms with Crippen LogP contribution in [0.1, 0.15) is 40.9 Å². The maximum atomic E-state index is 12.9. The van der Waals surface area contributed by atoms with Gasteiger partial charge in [0.25, 0.3) is 0 Å². The molecule has 1 aliphatic carbocycles. The lowest BCUT2D eigenvalue weighted by Gasteiger charge is -2.27. The highest BCUT2D eigenvalue weighted by atomic mass is 35.5. The molecule has 2 aromatic rings. The second-order valence-electron chi connectivity index (χ2n) is 7.06. The molecule has 1 aromatic carbocycles. The number of carbonyl (C=O) groups is 3. The summed E-state index contributed by atoms with van der Waals surface area (Å²) in [6.07, 6.45) is 2.61. The van der Waals surface area contributed by atoms with Crippen LogP contribution in [0.25, 0.3) is 11.1 Å². The van der Waals surface area contributed by atoms with Crippen LogP contribution in [-0.2, 0) is 14.3 Å². The zero-order chi connectivity index (χ0) is 21.1. The highest BCUT2D eigenvalue weighted by Gasteiger charge is 2.36. The first kappa shape index (κ1) is 21.3. The number of ether oxygens (including phenoxy) is 1. The number of rotatable bonds is 5. The van der Waals surface area contributed by atoms with Gasteiger partial charge in [0.1, 0.15) is 10.6 Å². The van der Waals surface area contributed by atoms with Crippen molar-refractivity contribution in [2.75, 3.05) is 12.4 Å². The molecule has 1 heterocycles. The number of carbonyl (C=O) groups excluding carboxylic acids is 2. The van der Waals surface area contributed by atoms with Gasteiger partial charge >= 0.3 is 11.9 Å². The van der Waals surface area contributed by atoms with E-state index < -0.39 is 23.8 Å². The van der Waals surface area contributed by atoms with E-state index in [0.29, 0.717) is 28.4 Å². The van der Waals surface area contributed by atoms with Gasteiger partial charge in [0.2, 0.25) is 5.91 Å². The van der Waals surface area contributed by atoms with E-state index in [0.717, 1.165) is 23.3 Å². The molecule has 1 aromatic heterocycles. The Kier molecular flexibility index (Phi) is 6.59. The number of benzene rings is 1. The lowest BCUT2D eigenvalue weighted by molar-refractivity contribution is -0.147. The quantitative estimate of drug-likeness (QED) is 0.645. The fraction of sp³-hybridized carbons (Fsp3) is 0.381. The van der Waals surface area contributed by atoms with Crippen LogP contribution in [-0.4, -0.2) is 30.1 Å². The maximum Gasteiger partial charge on any atom is 0.341 e. The van der Waals surface area contributed by atoms with E-state index >= 15 is 0 Å². The molecule has 0 saturated heterocycles. The predicted octanol–water partition coefficient (Wildman–Crippen LogP) is 4.99. The molecule has 1 amide bonds. The van der Waals surface area contributed by atoms with E-state index in [2.05, 4.69) is 5.32 Å². The van der Waals surface area contributed by atoms with Crippen molar-refractivity contribution in [3.63, 3.8) is 0 Å². The largest absolute Gasteiger partial charge is 0.481 e. The predicted molar refractivity (Wildman–Crippen MR) is 113 cm³/mol. The number of anilines is 1. The number of aryl methyl sites for hydroxylation is 1. The second-order valence-corrected chi connectivity index (χ2v) is 8.72. The summed E-state index contributed by atoms with van der Waals surface area (Å²) >= 11 is 7.25. The van der Waals surface area contributed by atoms with Crippen molar-refractivity contribution in [3.05, 3.63) is 39.7 Å². The molecule has 1 fully saturated rings. The number of aliphatic carboxylic acids is 1. The summed E-state index contributed by atoms with van der Waals surface area (Å²) in [5.41, 5.74) is 1.73. The van der Waals surface area contributed by atoms with Crippen LogP contribution in [0.4, 0.5) is 5.00 Å². The van der Waals surface area contributed by atoms with E-state index in [9.17, 15) is 19.5 Å². The number of nitrogens with one attached hydrogen (secondary N) is 1. The lowest BCUT2D eigenvalue weighted by atomic mass is 9.78. The van der Waals surface area contributed by atoms with Gasteiger partial charge in [0, 0.05) is 15.5 Å². The summed E-state index contributed by atoms with van der Waals surface area (Å²) in [7, 11) is 1.29. The van der Waals surface area contributed by atoms with Crippen LogP contribution < -0.4 is 5.32 Å². The van der Waals surface area contributed by atoms with Crippen molar-refractivity contribution in [1.29, 1.82) is 0 Å². The summed E-state index contributed by atoms with van der Waals surface area (Å²) in [6.45, 7) is 1.86. The molecule has 0 unspecified atom stereocenters. The zero-order valence-electron chi connectivity index (χ0n) is 16.2. The molecule has 1 aliphatic rings. The first-order valence-electron chi connectivity index (χ1n) is 9.34. The van der Waals surface area contributed by atoms with Gasteiger partial charge < -0.3 is 15.2 Å². The Morgan fingerprint density at radius 3 is 2.34 bits per heavy atom. The minimum atomic E-state index is -0.956. The van der Waals surface area contributed by atoms with E-state index in [-0.39, 0.29) is 11.5 Å². The summed E-state index contributed by atoms with van der Waals surface area (Å²) in [4.78, 5) is 37.8. The number of methoxy groups -OCH3 is 1. The minimum Gasteiger partial charge on any atom is -0.481 e. The van der Waals surface area contributed by atoms with Crippen molar-refractivity contribution in [1.82, 2.24) is 0 Å². The summed E-state index contributed by atoms with van der Waals surface area (Å²) in [6, 6.07) is 7.06. The fourth-order valence-corrected chi connectivity index (χ4v) is 5.03. The van der Waals surface area contributed by atoms with Crippen molar-refractivity contribution in [2.24, 2.45) is 11.8 Å². The molecule has 1 saturated carbocycles. The van der Waals surface area contributed by atoms with Crippen LogP contribution in [0.2, 0.25) is 5.02 Å². The second kappa shape index (κ2) is 8.97. The van der Waals surface area contributed by atoms with Crippen LogP contribution in [0.3, 0.4) is 0 Å². The van der Waals surface area contributed by atoms with Crippen LogP contribution in [0, 0.1) is 18.8 Å². The van der Waals surface area contributed by atoms with E-state index in [1.54, 1.807) is 24.3 Å². The maximum absolute atomic E-state index is 12.9. The number of hydrogen-bond donors (Lipinski definition) is 2. The van der Waals surface area contributed by atoms with Gasteiger partial charge in [-0.3, -0.25) is 9.59 Å². The van der Waals surface area contributed by atoms with E-state index in [1.165, 1.54) is 18.4 Å². The molecule has 0 aliphatic heterocycles. The summed E-state index contributed by atoms with van der Waals surface area (Å²) in [5, 5.41) is 13.2. The topological polar surface area (TPSA) is 92.7 Å². The van der Waals surface area contributed by atoms with Crippen LogP contribution in [0.15, 0.2) is 24.3 Å². The molecular weight excluding hydrogens is 414 g/mol. The number of thiophene rings is 1. The molecule has 2 atom stereocenters. The number of amides is 1. The number of halogens is 1. The number of hydrogen-bond acceptors (Lipinski definition) is 5. The Morgan fingerprint density at radius 1 is 1.14 bits per heavy atom. The fourth-order valence-electron chi connectivity index (χ4n) is 3.84. The molecule has 8 heteroatoms. The molecule has 0 bridgehead atoms. The number of esters is 1. The smallest absolute Gasteiger partial charge is 0.341 e. The van der Waals surface area contributed by atoms with E-state index in [4.69, 9.17) is 16.3 Å². The number of carboxylic acid groups (broad SMARTS) is 1. The van der Waals surface area contributed by atoms with Crippen molar-refractivity contribution >= 4 is 45.8 Å². The molecule has 0 radical (unpaired) electrons. The molecule has 2 N–H and O–H groups in total. The monoisotopic (exact) mass is 435 g/mol. The third-order valence-electron chi connectivity index (χ3n) is 5.26. The standard InChI is InChI=1S/C21H22ClNO5S/c1-11-16(12-7-9-13(22)10-8-12)17(21(27)28-2)19(29-11)23-18(24)14-5-3-4-6-15(14)20(25)26/h7-10,14-15H,3-6H2,1-2H3,(H,23,24)(H,25,26)/t14-,15-/m0/s1. The average molecular weight is 436 g/mol. The number of carboxylic acids is 1. The Morgan fingerprint density at radius 2 is 1.76 bits per heavy atom. The van der Waals surface area contributed by atoms with Gasteiger partial charge in [0.05, 0.1) is 18.9 Å². The SMILES string of the molecule is COC(=O)c1c(NC(=O)[C@H]2CCCC[C@@H]2C(=O)O)sc(C)c1-c1ccc(Cl)cc1. The Balaban J connectivity index is 1.98. The van der Waals surface area contributed by atoms with Gasteiger partial charge in [-0.25, -0.2) is 4.79 Å². The average Bonchev–Trinajstić information content (AvgIpc) is 3.03. The molecule has 3 rings (SSSR count). The molecular formula is C21H22ClNO5S. The first-order chi connectivity index (χ1) is 13.8. The van der Waals surface area contributed by atoms with Crippen LogP contribution >= 0.6 is 22.9 Å². The highest BCUT2D eigenvalue weighted by Crippen LogP contribution is 2.41. The van der Waals surface area contributed by atoms with Gasteiger partial charge in [-0.05, 0) is 37.5 Å². The van der Waals surface area contributed by atoms with E-state index in [1.807, 2.05) is 6.92 Å². The lowest BCUT2D eigenvalue weighted by Crippen LogP contribution is -2.36. The Hall–Kier alpha value is -2.38. The van der Waals surface area contributed by atoms with Crippen molar-refractivity contribution in [2.45, 2.75) is 32.6 Å². The van der Waals surface area contributed by atoms with Crippen molar-refractivity contribution < 1.29 is 24.2 Å². The first-order valence-corrected chi connectivity index (χ1v) is 10.5. The molecule has 154 valence electrons. The molecule has 0 spiro atoms.